The highest BCUT2D eigenvalue weighted by Crippen LogP contribution is 2.32. The molecule has 21 heavy (non-hydrogen) atoms. The second kappa shape index (κ2) is 5.56. The molecule has 102 valence electrons. The summed E-state index contributed by atoms with van der Waals surface area (Å²) in [7, 11) is 1.62. The molecule has 3 rings (SSSR count). The van der Waals surface area contributed by atoms with Gasteiger partial charge in [-0.05, 0) is 24.3 Å². The molecule has 0 bridgehead atoms. The van der Waals surface area contributed by atoms with Crippen LogP contribution in [-0.2, 0) is 0 Å². The SMILES string of the molecule is COc1cccc(Oc2ccc(C#N)c3ccccc23)c1. The van der Waals surface area contributed by atoms with Gasteiger partial charge in [0.1, 0.15) is 17.2 Å². The van der Waals surface area contributed by atoms with Crippen molar-refractivity contribution in [3.63, 3.8) is 0 Å². The smallest absolute Gasteiger partial charge is 0.135 e. The summed E-state index contributed by atoms with van der Waals surface area (Å²) in [6, 6.07) is 21.0. The van der Waals surface area contributed by atoms with Gasteiger partial charge in [-0.3, -0.25) is 0 Å². The highest BCUT2D eigenvalue weighted by molar-refractivity contribution is 5.92. The first-order valence-corrected chi connectivity index (χ1v) is 6.55. The quantitative estimate of drug-likeness (QED) is 0.706. The van der Waals surface area contributed by atoms with Gasteiger partial charge in [-0.15, -0.1) is 0 Å². The molecule has 3 aromatic rings. The minimum absolute atomic E-state index is 0.642. The van der Waals surface area contributed by atoms with E-state index in [9.17, 15) is 5.26 Å². The van der Waals surface area contributed by atoms with Gasteiger partial charge in [-0.25, -0.2) is 0 Å². The summed E-state index contributed by atoms with van der Waals surface area (Å²) in [5.41, 5.74) is 0.642. The minimum Gasteiger partial charge on any atom is -0.497 e. The van der Waals surface area contributed by atoms with Crippen molar-refractivity contribution in [1.29, 1.82) is 5.26 Å². The Balaban J connectivity index is 2.07. The third-order valence-electron chi connectivity index (χ3n) is 3.27. The van der Waals surface area contributed by atoms with Crippen LogP contribution in [0.3, 0.4) is 0 Å². The summed E-state index contributed by atoms with van der Waals surface area (Å²) in [6.07, 6.45) is 0. The molecule has 0 aromatic heterocycles. The maximum Gasteiger partial charge on any atom is 0.135 e. The summed E-state index contributed by atoms with van der Waals surface area (Å²) in [6.45, 7) is 0. The van der Waals surface area contributed by atoms with Crippen LogP contribution in [-0.4, -0.2) is 7.11 Å². The fraction of sp³-hybridized carbons (Fsp3) is 0.0556. The molecular formula is C18H13NO2. The molecule has 0 saturated carbocycles. The highest BCUT2D eigenvalue weighted by atomic mass is 16.5. The fourth-order valence-corrected chi connectivity index (χ4v) is 2.25. The van der Waals surface area contributed by atoms with Crippen LogP contribution in [0, 0.1) is 11.3 Å². The fourth-order valence-electron chi connectivity index (χ4n) is 2.25. The first-order chi connectivity index (χ1) is 10.3. The van der Waals surface area contributed by atoms with Crippen molar-refractivity contribution >= 4 is 10.8 Å². The third-order valence-corrected chi connectivity index (χ3v) is 3.27. The van der Waals surface area contributed by atoms with Crippen molar-refractivity contribution in [1.82, 2.24) is 0 Å². The molecule has 3 aromatic carbocycles. The summed E-state index contributed by atoms with van der Waals surface area (Å²) in [5, 5.41) is 11.0. The Bertz CT molecular complexity index is 834. The lowest BCUT2D eigenvalue weighted by Crippen LogP contribution is -1.89. The molecule has 0 radical (unpaired) electrons. The lowest BCUT2D eigenvalue weighted by Gasteiger charge is -2.10. The Morgan fingerprint density at radius 2 is 1.62 bits per heavy atom. The van der Waals surface area contributed by atoms with Crippen molar-refractivity contribution in [2.45, 2.75) is 0 Å². The van der Waals surface area contributed by atoms with E-state index in [0.717, 1.165) is 22.3 Å². The van der Waals surface area contributed by atoms with Gasteiger partial charge in [0.15, 0.2) is 0 Å². The number of benzene rings is 3. The monoisotopic (exact) mass is 275 g/mol. The normalized spacial score (nSPS) is 10.1. The number of rotatable bonds is 3. The molecule has 0 N–H and O–H groups in total. The van der Waals surface area contributed by atoms with Gasteiger partial charge in [0.2, 0.25) is 0 Å². The number of methoxy groups -OCH3 is 1. The standard InChI is InChI=1S/C18H13NO2/c1-20-14-5-4-6-15(11-14)21-18-10-9-13(12-19)16-7-2-3-8-17(16)18/h2-11H,1H3. The Hall–Kier alpha value is -2.99. The Labute approximate surface area is 123 Å². The summed E-state index contributed by atoms with van der Waals surface area (Å²) in [5.74, 6) is 2.16. The predicted octanol–water partition coefficient (Wildman–Crippen LogP) is 4.51. The third kappa shape index (κ3) is 2.52. The molecule has 3 nitrogen and oxygen atoms in total. The van der Waals surface area contributed by atoms with Gasteiger partial charge in [0.25, 0.3) is 0 Å². The van der Waals surface area contributed by atoms with Crippen LogP contribution in [0.4, 0.5) is 0 Å². The number of hydrogen-bond acceptors (Lipinski definition) is 3. The van der Waals surface area contributed by atoms with E-state index in [-0.39, 0.29) is 0 Å². The van der Waals surface area contributed by atoms with E-state index in [4.69, 9.17) is 9.47 Å². The van der Waals surface area contributed by atoms with Crippen LogP contribution in [0.1, 0.15) is 5.56 Å². The van der Waals surface area contributed by atoms with Crippen LogP contribution >= 0.6 is 0 Å². The van der Waals surface area contributed by atoms with Crippen molar-refractivity contribution < 1.29 is 9.47 Å². The van der Waals surface area contributed by atoms with Crippen molar-refractivity contribution in [2.75, 3.05) is 7.11 Å². The van der Waals surface area contributed by atoms with E-state index in [1.54, 1.807) is 13.2 Å². The number of ether oxygens (including phenoxy) is 2. The molecule has 3 heteroatoms. The lowest BCUT2D eigenvalue weighted by atomic mass is 10.0. The van der Waals surface area contributed by atoms with Crippen LogP contribution in [0.5, 0.6) is 17.2 Å². The summed E-state index contributed by atoms with van der Waals surface area (Å²) < 4.78 is 11.1. The van der Waals surface area contributed by atoms with Gasteiger partial charge in [0.05, 0.1) is 18.7 Å². The zero-order chi connectivity index (χ0) is 14.7. The van der Waals surface area contributed by atoms with E-state index in [0.29, 0.717) is 11.3 Å². The lowest BCUT2D eigenvalue weighted by molar-refractivity contribution is 0.409. The molecule has 0 aliphatic heterocycles. The molecule has 0 atom stereocenters. The Morgan fingerprint density at radius 3 is 2.38 bits per heavy atom. The average Bonchev–Trinajstić information content (AvgIpc) is 2.55. The van der Waals surface area contributed by atoms with Crippen LogP contribution in [0.15, 0.2) is 60.7 Å². The first-order valence-electron chi connectivity index (χ1n) is 6.55. The van der Waals surface area contributed by atoms with Crippen molar-refractivity contribution in [3.05, 3.63) is 66.2 Å². The van der Waals surface area contributed by atoms with Gasteiger partial charge < -0.3 is 9.47 Å². The molecule has 0 unspecified atom stereocenters. The number of hydrogen-bond donors (Lipinski definition) is 0. The van der Waals surface area contributed by atoms with E-state index in [1.807, 2.05) is 54.6 Å². The van der Waals surface area contributed by atoms with E-state index in [1.165, 1.54) is 0 Å². The first kappa shape index (κ1) is 13.0. The maximum atomic E-state index is 9.18. The molecule has 0 spiro atoms. The molecule has 0 saturated heterocycles. The topological polar surface area (TPSA) is 42.2 Å². The van der Waals surface area contributed by atoms with Gasteiger partial charge >= 0.3 is 0 Å². The van der Waals surface area contributed by atoms with Gasteiger partial charge in [-0.2, -0.15) is 5.26 Å². The number of nitrogens with zero attached hydrogens (tertiary/aromatic N) is 1. The van der Waals surface area contributed by atoms with Crippen LogP contribution in [0.2, 0.25) is 0 Å². The van der Waals surface area contributed by atoms with E-state index < -0.39 is 0 Å². The Morgan fingerprint density at radius 1 is 0.857 bits per heavy atom. The van der Waals surface area contributed by atoms with Crippen LogP contribution < -0.4 is 9.47 Å². The molecule has 0 fully saturated rings. The number of nitriles is 1. The molecular weight excluding hydrogens is 262 g/mol. The van der Waals surface area contributed by atoms with Gasteiger partial charge in [-0.1, -0.05) is 30.3 Å². The minimum atomic E-state index is 0.642. The Kier molecular flexibility index (Phi) is 3.44. The molecule has 0 amide bonds. The zero-order valence-corrected chi connectivity index (χ0v) is 11.5. The van der Waals surface area contributed by atoms with Crippen molar-refractivity contribution in [2.24, 2.45) is 0 Å². The second-order valence-corrected chi connectivity index (χ2v) is 4.55. The second-order valence-electron chi connectivity index (χ2n) is 4.55. The number of fused-ring (bicyclic) bond motifs is 1. The summed E-state index contributed by atoms with van der Waals surface area (Å²) in [4.78, 5) is 0. The maximum absolute atomic E-state index is 9.18. The molecule has 0 aliphatic rings. The largest absolute Gasteiger partial charge is 0.497 e. The van der Waals surface area contributed by atoms with Crippen molar-refractivity contribution in [3.8, 4) is 23.3 Å². The predicted molar refractivity (Wildman–Crippen MR) is 81.7 cm³/mol. The summed E-state index contributed by atoms with van der Waals surface area (Å²) >= 11 is 0. The van der Waals surface area contributed by atoms with E-state index >= 15 is 0 Å². The van der Waals surface area contributed by atoms with Gasteiger partial charge in [0, 0.05) is 16.8 Å². The average molecular weight is 275 g/mol. The van der Waals surface area contributed by atoms with Crippen LogP contribution in [0.25, 0.3) is 10.8 Å². The molecule has 0 heterocycles. The molecule has 0 aliphatic carbocycles. The zero-order valence-electron chi connectivity index (χ0n) is 11.5. The highest BCUT2D eigenvalue weighted by Gasteiger charge is 2.07. The van der Waals surface area contributed by atoms with E-state index in [2.05, 4.69) is 6.07 Å².